The molecule has 0 bridgehead atoms. The highest BCUT2D eigenvalue weighted by molar-refractivity contribution is 5.32. The first kappa shape index (κ1) is 15.3. The van der Waals surface area contributed by atoms with Gasteiger partial charge in [-0.05, 0) is 44.1 Å². The number of rotatable bonds is 5. The molecule has 20 heavy (non-hydrogen) atoms. The lowest BCUT2D eigenvalue weighted by Gasteiger charge is -2.39. The lowest BCUT2D eigenvalue weighted by molar-refractivity contribution is 0.340. The first-order valence-corrected chi connectivity index (χ1v) is 8.24. The highest BCUT2D eigenvalue weighted by Gasteiger charge is 2.36. The minimum atomic E-state index is 0.0947. The van der Waals surface area contributed by atoms with Crippen molar-refractivity contribution in [3.05, 3.63) is 47.5 Å². The maximum Gasteiger partial charge on any atom is 0.0351 e. The fourth-order valence-corrected chi connectivity index (χ4v) is 3.72. The Morgan fingerprint density at radius 3 is 2.40 bits per heavy atom. The Kier molecular flexibility index (Phi) is 5.42. The number of hydrogen-bond acceptors (Lipinski definition) is 1. The van der Waals surface area contributed by atoms with E-state index in [1.54, 1.807) is 0 Å². The Morgan fingerprint density at radius 2 is 1.75 bits per heavy atom. The number of nitrogens with two attached hydrogens (primary N) is 1. The zero-order valence-corrected chi connectivity index (χ0v) is 13.1. The SMILES string of the molecule is CCC(CC)(c1ccccc1)C(N)C1=CCCCCC1. The van der Waals surface area contributed by atoms with Gasteiger partial charge >= 0.3 is 0 Å². The molecule has 0 aliphatic heterocycles. The topological polar surface area (TPSA) is 26.0 Å². The molecule has 1 aliphatic rings. The summed E-state index contributed by atoms with van der Waals surface area (Å²) in [6.07, 6.45) is 11.0. The minimum absolute atomic E-state index is 0.0947. The molecule has 1 atom stereocenters. The highest BCUT2D eigenvalue weighted by atomic mass is 14.7. The van der Waals surface area contributed by atoms with E-state index >= 15 is 0 Å². The molecule has 2 rings (SSSR count). The third-order valence-corrected chi connectivity index (χ3v) is 5.18. The van der Waals surface area contributed by atoms with Gasteiger partial charge in [0.1, 0.15) is 0 Å². The molecule has 0 heterocycles. The van der Waals surface area contributed by atoms with Gasteiger partial charge in [-0.15, -0.1) is 0 Å². The second kappa shape index (κ2) is 7.08. The van der Waals surface area contributed by atoms with Gasteiger partial charge in [0.2, 0.25) is 0 Å². The van der Waals surface area contributed by atoms with E-state index in [0.29, 0.717) is 0 Å². The van der Waals surface area contributed by atoms with Crippen molar-refractivity contribution >= 4 is 0 Å². The second-order valence-electron chi connectivity index (χ2n) is 6.09. The Labute approximate surface area is 124 Å². The van der Waals surface area contributed by atoms with Gasteiger partial charge in [-0.25, -0.2) is 0 Å². The van der Waals surface area contributed by atoms with Crippen molar-refractivity contribution in [1.29, 1.82) is 0 Å². The van der Waals surface area contributed by atoms with Crippen molar-refractivity contribution in [3.8, 4) is 0 Å². The van der Waals surface area contributed by atoms with Crippen molar-refractivity contribution in [2.24, 2.45) is 5.73 Å². The van der Waals surface area contributed by atoms with Crippen molar-refractivity contribution in [2.45, 2.75) is 70.3 Å². The molecule has 2 N–H and O–H groups in total. The summed E-state index contributed by atoms with van der Waals surface area (Å²) in [6.45, 7) is 4.57. The van der Waals surface area contributed by atoms with E-state index in [1.807, 2.05) is 0 Å². The molecule has 0 radical (unpaired) electrons. The van der Waals surface area contributed by atoms with Gasteiger partial charge in [-0.2, -0.15) is 0 Å². The van der Waals surface area contributed by atoms with Crippen LogP contribution in [0.4, 0.5) is 0 Å². The van der Waals surface area contributed by atoms with Crippen LogP contribution in [0.5, 0.6) is 0 Å². The largest absolute Gasteiger partial charge is 0.323 e. The smallest absolute Gasteiger partial charge is 0.0351 e. The summed E-state index contributed by atoms with van der Waals surface area (Å²) in [5.74, 6) is 0. The molecule has 1 aromatic rings. The van der Waals surface area contributed by atoms with Gasteiger partial charge in [-0.3, -0.25) is 0 Å². The summed E-state index contributed by atoms with van der Waals surface area (Å²) in [4.78, 5) is 0. The summed E-state index contributed by atoms with van der Waals surface area (Å²) >= 11 is 0. The Morgan fingerprint density at radius 1 is 1.05 bits per heavy atom. The van der Waals surface area contributed by atoms with E-state index in [2.05, 4.69) is 50.3 Å². The number of benzene rings is 1. The number of allylic oxidation sites excluding steroid dienone is 1. The van der Waals surface area contributed by atoms with Gasteiger partial charge in [0.05, 0.1) is 0 Å². The molecule has 1 nitrogen and oxygen atoms in total. The van der Waals surface area contributed by atoms with E-state index in [9.17, 15) is 0 Å². The van der Waals surface area contributed by atoms with Crippen LogP contribution >= 0.6 is 0 Å². The molecule has 110 valence electrons. The second-order valence-corrected chi connectivity index (χ2v) is 6.09. The van der Waals surface area contributed by atoms with E-state index in [-0.39, 0.29) is 11.5 Å². The summed E-state index contributed by atoms with van der Waals surface area (Å²) in [5, 5.41) is 0. The summed E-state index contributed by atoms with van der Waals surface area (Å²) in [5.41, 5.74) is 9.78. The average molecular weight is 271 g/mol. The van der Waals surface area contributed by atoms with Crippen molar-refractivity contribution in [3.63, 3.8) is 0 Å². The maximum absolute atomic E-state index is 6.78. The van der Waals surface area contributed by atoms with E-state index < -0.39 is 0 Å². The molecule has 1 heteroatoms. The van der Waals surface area contributed by atoms with Crippen LogP contribution in [0.3, 0.4) is 0 Å². The normalized spacial score (nSPS) is 18.2. The average Bonchev–Trinajstić information content (AvgIpc) is 2.79. The monoisotopic (exact) mass is 271 g/mol. The van der Waals surface area contributed by atoms with E-state index in [1.165, 1.54) is 43.2 Å². The van der Waals surface area contributed by atoms with Crippen LogP contribution in [-0.2, 0) is 5.41 Å². The van der Waals surface area contributed by atoms with Gasteiger partial charge < -0.3 is 5.73 Å². The van der Waals surface area contributed by atoms with Crippen LogP contribution in [0.15, 0.2) is 42.0 Å². The zero-order valence-electron chi connectivity index (χ0n) is 13.1. The molecule has 0 aromatic heterocycles. The molecule has 1 aliphatic carbocycles. The van der Waals surface area contributed by atoms with Crippen LogP contribution in [0, 0.1) is 0 Å². The first-order chi connectivity index (χ1) is 9.74. The summed E-state index contributed by atoms with van der Waals surface area (Å²) in [7, 11) is 0. The molecular weight excluding hydrogens is 242 g/mol. The molecule has 1 unspecified atom stereocenters. The fourth-order valence-electron chi connectivity index (χ4n) is 3.72. The molecule has 0 fully saturated rings. The first-order valence-electron chi connectivity index (χ1n) is 8.24. The lowest BCUT2D eigenvalue weighted by Crippen LogP contribution is -2.46. The fraction of sp³-hybridized carbons (Fsp3) is 0.579. The van der Waals surface area contributed by atoms with E-state index in [4.69, 9.17) is 5.73 Å². The van der Waals surface area contributed by atoms with Crippen LogP contribution in [0.25, 0.3) is 0 Å². The van der Waals surface area contributed by atoms with Crippen molar-refractivity contribution < 1.29 is 0 Å². The molecule has 0 amide bonds. The summed E-state index contributed by atoms with van der Waals surface area (Å²) < 4.78 is 0. The van der Waals surface area contributed by atoms with Crippen LogP contribution in [-0.4, -0.2) is 6.04 Å². The Bertz CT molecular complexity index is 428. The van der Waals surface area contributed by atoms with Crippen LogP contribution in [0.1, 0.15) is 64.4 Å². The van der Waals surface area contributed by atoms with Crippen molar-refractivity contribution in [2.75, 3.05) is 0 Å². The van der Waals surface area contributed by atoms with Gasteiger partial charge in [-0.1, -0.05) is 62.2 Å². The predicted octanol–water partition coefficient (Wildman–Crippen LogP) is 4.96. The third kappa shape index (κ3) is 2.98. The lowest BCUT2D eigenvalue weighted by atomic mass is 9.67. The quantitative estimate of drug-likeness (QED) is 0.752. The molecule has 1 aromatic carbocycles. The molecular formula is C19H29N. The predicted molar refractivity (Wildman–Crippen MR) is 87.8 cm³/mol. The Hall–Kier alpha value is -1.08. The van der Waals surface area contributed by atoms with E-state index in [0.717, 1.165) is 12.8 Å². The maximum atomic E-state index is 6.78. The molecule has 0 saturated heterocycles. The Balaban J connectivity index is 2.34. The van der Waals surface area contributed by atoms with Crippen molar-refractivity contribution in [1.82, 2.24) is 0 Å². The minimum Gasteiger partial charge on any atom is -0.323 e. The van der Waals surface area contributed by atoms with Gasteiger partial charge in [0, 0.05) is 11.5 Å². The molecule has 0 saturated carbocycles. The number of hydrogen-bond donors (Lipinski definition) is 1. The van der Waals surface area contributed by atoms with Gasteiger partial charge in [0.15, 0.2) is 0 Å². The summed E-state index contributed by atoms with van der Waals surface area (Å²) in [6, 6.07) is 11.1. The third-order valence-electron chi connectivity index (χ3n) is 5.18. The van der Waals surface area contributed by atoms with Gasteiger partial charge in [0.25, 0.3) is 0 Å². The highest BCUT2D eigenvalue weighted by Crippen LogP contribution is 2.38. The van der Waals surface area contributed by atoms with Crippen LogP contribution < -0.4 is 5.73 Å². The van der Waals surface area contributed by atoms with Crippen LogP contribution in [0.2, 0.25) is 0 Å². The molecule has 0 spiro atoms. The zero-order chi connectivity index (χ0) is 14.4. The standard InChI is InChI=1S/C19H29N/c1-3-19(4-2,17-14-10-7-11-15-17)18(20)16-12-8-5-6-9-13-16/h7,10-12,14-15,18H,3-6,8-9,13,20H2,1-2H3.